The van der Waals surface area contributed by atoms with Crippen LogP contribution < -0.4 is 0 Å². The normalized spacial score (nSPS) is 12.1. The zero-order chi connectivity index (χ0) is 37.0. The molecule has 272 valence electrons. The van der Waals surface area contributed by atoms with Crippen molar-refractivity contribution in [3.63, 3.8) is 0 Å². The van der Waals surface area contributed by atoms with Crippen LogP contribution in [0.4, 0.5) is 0 Å². The van der Waals surface area contributed by atoms with Crippen molar-refractivity contribution in [2.75, 3.05) is 0 Å². The summed E-state index contributed by atoms with van der Waals surface area (Å²) in [5, 5.41) is 18.8. The molecule has 56 heavy (non-hydrogen) atoms. The van der Waals surface area contributed by atoms with Gasteiger partial charge in [-0.3, -0.25) is 9.38 Å². The number of aromatic nitrogens is 3. The van der Waals surface area contributed by atoms with Gasteiger partial charge in [-0.05, 0) is 51.6 Å². The first-order chi connectivity index (χ1) is 26.8. The van der Waals surface area contributed by atoms with Crippen molar-refractivity contribution < 1.29 is 30.6 Å². The van der Waals surface area contributed by atoms with Crippen molar-refractivity contribution in [1.29, 1.82) is 0 Å². The number of phenols is 1. The molecule has 7 aromatic carbocycles. The van der Waals surface area contributed by atoms with Crippen molar-refractivity contribution in [1.82, 2.24) is 14.4 Å². The Morgan fingerprint density at radius 2 is 1.38 bits per heavy atom. The van der Waals surface area contributed by atoms with Crippen LogP contribution >= 0.6 is 0 Å². The van der Waals surface area contributed by atoms with E-state index in [2.05, 4.69) is 153 Å². The summed E-state index contributed by atoms with van der Waals surface area (Å²) in [4.78, 5) is 10.3. The molecule has 0 amide bonds. The quantitative estimate of drug-likeness (QED) is 0.142. The first-order valence-electron chi connectivity index (χ1n) is 18.6. The van der Waals surface area contributed by atoms with E-state index in [-0.39, 0.29) is 32.2 Å². The van der Waals surface area contributed by atoms with Gasteiger partial charge in [0.2, 0.25) is 0 Å². The van der Waals surface area contributed by atoms with Crippen LogP contribution in [0.2, 0.25) is 0 Å². The smallest absolute Gasteiger partial charge is 0.149 e. The van der Waals surface area contributed by atoms with Gasteiger partial charge in [-0.1, -0.05) is 129 Å². The molecule has 0 saturated heterocycles. The van der Waals surface area contributed by atoms with Crippen molar-refractivity contribution in [2.24, 2.45) is 0 Å². The Labute approximate surface area is 337 Å². The number of hydrogen-bond acceptors (Lipinski definition) is 4. The van der Waals surface area contributed by atoms with Gasteiger partial charge in [0.1, 0.15) is 22.6 Å². The minimum Gasteiger partial charge on any atom is -0.507 e. The van der Waals surface area contributed by atoms with Gasteiger partial charge in [0.05, 0.1) is 21.9 Å². The fourth-order valence-electron chi connectivity index (χ4n) is 8.46. The average molecular weight is 904 g/mol. The van der Waals surface area contributed by atoms with E-state index in [9.17, 15) is 5.11 Å². The third-order valence-corrected chi connectivity index (χ3v) is 11.1. The molecular formula is C50H34N3O2Pt-. The van der Waals surface area contributed by atoms with Gasteiger partial charge < -0.3 is 9.52 Å². The van der Waals surface area contributed by atoms with E-state index in [1.54, 1.807) is 6.07 Å². The van der Waals surface area contributed by atoms with Crippen molar-refractivity contribution in [3.8, 4) is 39.3 Å². The molecule has 0 spiro atoms. The predicted molar refractivity (Wildman–Crippen MR) is 226 cm³/mol. The van der Waals surface area contributed by atoms with E-state index in [0.29, 0.717) is 16.6 Å². The molecule has 11 rings (SSSR count). The molecule has 6 heteroatoms. The van der Waals surface area contributed by atoms with E-state index in [0.717, 1.165) is 88.0 Å². The van der Waals surface area contributed by atoms with Crippen LogP contribution in [0.3, 0.4) is 0 Å². The summed E-state index contributed by atoms with van der Waals surface area (Å²) in [5.74, 6) is 0.131. The maximum absolute atomic E-state index is 11.9. The number of furan rings is 1. The van der Waals surface area contributed by atoms with Gasteiger partial charge in [0, 0.05) is 60.6 Å². The zero-order valence-corrected chi connectivity index (χ0v) is 33.1. The van der Waals surface area contributed by atoms with E-state index < -0.39 is 0 Å². The molecule has 5 nitrogen and oxygen atoms in total. The molecule has 0 saturated carbocycles. The number of hydrogen-bond donors (Lipinski definition) is 1. The van der Waals surface area contributed by atoms with Crippen molar-refractivity contribution >= 4 is 71.1 Å². The Hall–Kier alpha value is -6.29. The summed E-state index contributed by atoms with van der Waals surface area (Å²) in [6.45, 7) is 6.71. The second-order valence-corrected chi connectivity index (χ2v) is 15.5. The Kier molecular flexibility index (Phi) is 7.71. The minimum absolute atomic E-state index is 0. The summed E-state index contributed by atoms with van der Waals surface area (Å²) >= 11 is 0. The van der Waals surface area contributed by atoms with Crippen LogP contribution in [-0.2, 0) is 26.5 Å². The molecule has 0 fully saturated rings. The summed E-state index contributed by atoms with van der Waals surface area (Å²) in [6, 6.07) is 51.8. The Balaban J connectivity index is 0.00000384. The van der Waals surface area contributed by atoms with Gasteiger partial charge in [-0.25, -0.2) is 4.98 Å². The maximum atomic E-state index is 11.9. The van der Waals surface area contributed by atoms with E-state index >= 15 is 0 Å². The molecule has 11 aromatic rings. The van der Waals surface area contributed by atoms with Gasteiger partial charge in [-0.2, -0.15) is 0 Å². The third-order valence-electron chi connectivity index (χ3n) is 11.1. The van der Waals surface area contributed by atoms with Crippen LogP contribution in [0.25, 0.3) is 105 Å². The standard InChI is InChI=1S/C50H34N3O2.Pt/c1-50(2,3)34-25-32(24-33(26-34)38-27-31(22-23-51-38)29-12-5-4-6-13-29)36-17-11-19-40-48(36)52-49-46-41(54)28-43-47(45(46)37-16-9-10-18-39(37)53(40)49)44-35-15-8-7-14-30(35)20-21-42(44)55-43;/h4-23,25-28,54H,1-3H3;/q-1;. The van der Waals surface area contributed by atoms with Gasteiger partial charge >= 0.3 is 0 Å². The topological polar surface area (TPSA) is 63.6 Å². The van der Waals surface area contributed by atoms with Crippen LogP contribution in [0.15, 0.2) is 150 Å². The summed E-state index contributed by atoms with van der Waals surface area (Å²) < 4.78 is 8.66. The summed E-state index contributed by atoms with van der Waals surface area (Å²) in [5.41, 5.74) is 11.9. The van der Waals surface area contributed by atoms with Crippen LogP contribution in [0.5, 0.6) is 5.75 Å². The van der Waals surface area contributed by atoms with E-state index in [1.165, 1.54) is 5.56 Å². The predicted octanol–water partition coefficient (Wildman–Crippen LogP) is 13.0. The number of phenolic OH excluding ortho intramolecular Hbond substituents is 1. The molecule has 1 N–H and O–H groups in total. The number of nitrogens with zero attached hydrogens (tertiary/aromatic N) is 3. The first-order valence-corrected chi connectivity index (χ1v) is 18.6. The monoisotopic (exact) mass is 903 g/mol. The molecule has 0 radical (unpaired) electrons. The maximum Gasteiger partial charge on any atom is 0.149 e. The molecule has 0 atom stereocenters. The fourth-order valence-corrected chi connectivity index (χ4v) is 8.46. The SMILES string of the molecule is CC(C)(C)c1cc(-c2cc(-c3ccccc3)ccn2)[c-]c(-c2cccc3c2nc2c4c(O)cc5oc6ccc7ccccc7c6c5c4c4ccccc4n32)c1.[Pt]. The molecule has 0 unspecified atom stereocenters. The Morgan fingerprint density at radius 1 is 0.625 bits per heavy atom. The Morgan fingerprint density at radius 3 is 2.21 bits per heavy atom. The fraction of sp³-hybridized carbons (Fsp3) is 0.0800. The molecule has 0 aliphatic carbocycles. The summed E-state index contributed by atoms with van der Waals surface area (Å²) in [6.07, 6.45) is 1.88. The van der Waals surface area contributed by atoms with Gasteiger partial charge in [0.15, 0.2) is 0 Å². The minimum atomic E-state index is -0.135. The number of pyridine rings is 2. The third kappa shape index (κ3) is 5.11. The molecule has 0 bridgehead atoms. The van der Waals surface area contributed by atoms with E-state index in [1.807, 2.05) is 18.3 Å². The van der Waals surface area contributed by atoms with Crippen LogP contribution in [-0.4, -0.2) is 19.5 Å². The number of fused-ring (bicyclic) bond motifs is 14. The zero-order valence-electron chi connectivity index (χ0n) is 30.9. The van der Waals surface area contributed by atoms with Gasteiger partial charge in [-0.15, -0.1) is 29.3 Å². The van der Waals surface area contributed by atoms with Gasteiger partial charge in [0.25, 0.3) is 0 Å². The number of aromatic hydroxyl groups is 1. The van der Waals surface area contributed by atoms with Crippen LogP contribution in [0.1, 0.15) is 26.3 Å². The largest absolute Gasteiger partial charge is 0.507 e. The van der Waals surface area contributed by atoms with Crippen LogP contribution in [0, 0.1) is 6.07 Å². The molecular weight excluding hydrogens is 870 g/mol. The molecule has 0 aliphatic heterocycles. The Bertz CT molecular complexity index is 3370. The number of imidazole rings is 1. The first kappa shape index (κ1) is 34.2. The number of para-hydroxylation sites is 2. The second-order valence-electron chi connectivity index (χ2n) is 15.5. The van der Waals surface area contributed by atoms with Crippen molar-refractivity contribution in [2.45, 2.75) is 26.2 Å². The van der Waals surface area contributed by atoms with E-state index in [4.69, 9.17) is 14.4 Å². The second kappa shape index (κ2) is 12.6. The summed E-state index contributed by atoms with van der Waals surface area (Å²) in [7, 11) is 0. The molecule has 4 aromatic heterocycles. The molecule has 0 aliphatic rings. The van der Waals surface area contributed by atoms with Crippen molar-refractivity contribution in [3.05, 3.63) is 157 Å². The average Bonchev–Trinajstić information content (AvgIpc) is 3.79. The number of benzene rings is 7. The molecule has 4 heterocycles. The number of rotatable bonds is 3.